The molecule has 0 amide bonds. The fourth-order valence-corrected chi connectivity index (χ4v) is 2.73. The Kier molecular flexibility index (Phi) is 3.63. The van der Waals surface area contributed by atoms with E-state index >= 15 is 0 Å². The van der Waals surface area contributed by atoms with Crippen LogP contribution in [0.3, 0.4) is 0 Å². The molecule has 0 bridgehead atoms. The number of aromatic nitrogens is 1. The lowest BCUT2D eigenvalue weighted by atomic mass is 9.96. The molecule has 21 heavy (non-hydrogen) atoms. The molecule has 0 radical (unpaired) electrons. The number of aliphatic hydroxyl groups excluding tert-OH is 1. The normalized spacial score (nSPS) is 12.3. The number of hydrogen-bond donors (Lipinski definition) is 1. The van der Waals surface area contributed by atoms with Gasteiger partial charge in [0.05, 0.1) is 5.69 Å². The molecule has 0 saturated carbocycles. The fourth-order valence-electron chi connectivity index (χ4n) is 2.73. The Morgan fingerprint density at radius 2 is 1.71 bits per heavy atom. The maximum absolute atomic E-state index is 10.5. The van der Waals surface area contributed by atoms with Crippen LogP contribution in [0.4, 0.5) is 0 Å². The average molecular weight is 277 g/mol. The summed E-state index contributed by atoms with van der Waals surface area (Å²) in [5.41, 5.74) is 5.41. The second-order valence-corrected chi connectivity index (χ2v) is 5.39. The first-order chi connectivity index (χ1) is 10.2. The molecule has 3 aromatic rings. The van der Waals surface area contributed by atoms with Crippen molar-refractivity contribution in [1.82, 2.24) is 4.57 Å². The quantitative estimate of drug-likeness (QED) is 0.766. The van der Waals surface area contributed by atoms with Crippen LogP contribution in [0, 0.1) is 6.92 Å². The Morgan fingerprint density at radius 1 is 0.952 bits per heavy atom. The van der Waals surface area contributed by atoms with Crippen LogP contribution in [0.15, 0.2) is 66.9 Å². The molecule has 1 N–H and O–H groups in total. The zero-order valence-corrected chi connectivity index (χ0v) is 12.3. The molecule has 0 aliphatic rings. The van der Waals surface area contributed by atoms with Gasteiger partial charge in [-0.05, 0) is 41.3 Å². The highest BCUT2D eigenvalue weighted by atomic mass is 16.3. The van der Waals surface area contributed by atoms with Gasteiger partial charge < -0.3 is 9.67 Å². The monoisotopic (exact) mass is 277 g/mol. The van der Waals surface area contributed by atoms with E-state index in [-0.39, 0.29) is 0 Å². The van der Waals surface area contributed by atoms with Gasteiger partial charge in [0.15, 0.2) is 0 Å². The lowest BCUT2D eigenvalue weighted by molar-refractivity contribution is 0.211. The summed E-state index contributed by atoms with van der Waals surface area (Å²) >= 11 is 0. The van der Waals surface area contributed by atoms with Crippen LogP contribution in [-0.4, -0.2) is 9.67 Å². The van der Waals surface area contributed by atoms with Crippen molar-refractivity contribution in [2.24, 2.45) is 7.05 Å². The molecule has 1 atom stereocenters. The summed E-state index contributed by atoms with van der Waals surface area (Å²) in [6.45, 7) is 2.09. The van der Waals surface area contributed by atoms with Crippen LogP contribution >= 0.6 is 0 Å². The van der Waals surface area contributed by atoms with E-state index in [1.165, 1.54) is 16.7 Å². The van der Waals surface area contributed by atoms with E-state index in [4.69, 9.17) is 0 Å². The number of benzene rings is 2. The molecule has 0 unspecified atom stereocenters. The van der Waals surface area contributed by atoms with Crippen LogP contribution in [0.2, 0.25) is 0 Å². The van der Waals surface area contributed by atoms with E-state index in [9.17, 15) is 5.11 Å². The van der Waals surface area contributed by atoms with E-state index in [1.54, 1.807) is 0 Å². The number of rotatable bonds is 3. The first-order valence-corrected chi connectivity index (χ1v) is 7.12. The van der Waals surface area contributed by atoms with E-state index in [2.05, 4.69) is 31.2 Å². The van der Waals surface area contributed by atoms with Crippen LogP contribution in [0.25, 0.3) is 11.1 Å². The summed E-state index contributed by atoms with van der Waals surface area (Å²) in [6, 6.07) is 20.4. The van der Waals surface area contributed by atoms with Crippen LogP contribution in [-0.2, 0) is 7.05 Å². The molecule has 3 rings (SSSR count). The smallest absolute Gasteiger partial charge is 0.119 e. The Morgan fingerprint density at radius 3 is 2.33 bits per heavy atom. The second kappa shape index (κ2) is 5.58. The Balaban J connectivity index is 1.97. The highest BCUT2D eigenvalue weighted by Crippen LogP contribution is 2.28. The van der Waals surface area contributed by atoms with E-state index in [0.717, 1.165) is 11.3 Å². The Hall–Kier alpha value is -2.32. The van der Waals surface area contributed by atoms with Gasteiger partial charge in [0, 0.05) is 13.2 Å². The predicted molar refractivity (Wildman–Crippen MR) is 86.1 cm³/mol. The van der Waals surface area contributed by atoms with E-state index in [0.29, 0.717) is 0 Å². The van der Waals surface area contributed by atoms with Crippen molar-refractivity contribution in [3.05, 3.63) is 83.7 Å². The van der Waals surface area contributed by atoms with Crippen molar-refractivity contribution in [3.63, 3.8) is 0 Å². The van der Waals surface area contributed by atoms with Crippen LogP contribution in [0.1, 0.15) is 22.9 Å². The van der Waals surface area contributed by atoms with Gasteiger partial charge in [-0.1, -0.05) is 48.5 Å². The van der Waals surface area contributed by atoms with E-state index in [1.807, 2.05) is 54.2 Å². The third kappa shape index (κ3) is 2.63. The summed E-state index contributed by atoms with van der Waals surface area (Å²) in [5.74, 6) is 0. The van der Waals surface area contributed by atoms with Gasteiger partial charge in [0.2, 0.25) is 0 Å². The van der Waals surface area contributed by atoms with Gasteiger partial charge in [0.1, 0.15) is 6.10 Å². The van der Waals surface area contributed by atoms with Crippen molar-refractivity contribution >= 4 is 0 Å². The third-order valence-electron chi connectivity index (χ3n) is 3.92. The molecule has 0 spiro atoms. The number of hydrogen-bond acceptors (Lipinski definition) is 1. The fraction of sp³-hybridized carbons (Fsp3) is 0.158. The van der Waals surface area contributed by atoms with Crippen molar-refractivity contribution in [2.75, 3.05) is 0 Å². The Bertz CT molecular complexity index is 743. The highest BCUT2D eigenvalue weighted by molar-refractivity contribution is 5.67. The minimum Gasteiger partial charge on any atom is -0.382 e. The summed E-state index contributed by atoms with van der Waals surface area (Å²) < 4.78 is 1.95. The van der Waals surface area contributed by atoms with Crippen molar-refractivity contribution in [3.8, 4) is 11.1 Å². The van der Waals surface area contributed by atoms with Crippen LogP contribution < -0.4 is 0 Å². The summed E-state index contributed by atoms with van der Waals surface area (Å²) in [6.07, 6.45) is 1.36. The van der Waals surface area contributed by atoms with Gasteiger partial charge in [-0.25, -0.2) is 0 Å². The van der Waals surface area contributed by atoms with Gasteiger partial charge >= 0.3 is 0 Å². The Labute approximate surface area is 125 Å². The molecule has 1 aromatic heterocycles. The van der Waals surface area contributed by atoms with Crippen molar-refractivity contribution in [1.29, 1.82) is 0 Å². The lowest BCUT2D eigenvalue weighted by Gasteiger charge is -2.15. The zero-order valence-electron chi connectivity index (χ0n) is 12.3. The van der Waals surface area contributed by atoms with Crippen molar-refractivity contribution in [2.45, 2.75) is 13.0 Å². The molecule has 0 fully saturated rings. The largest absolute Gasteiger partial charge is 0.382 e. The molecule has 0 aliphatic carbocycles. The second-order valence-electron chi connectivity index (χ2n) is 5.39. The zero-order chi connectivity index (χ0) is 14.8. The minimum atomic E-state index is -0.589. The van der Waals surface area contributed by atoms with E-state index < -0.39 is 6.10 Å². The minimum absolute atomic E-state index is 0.589. The molecule has 2 heteroatoms. The SMILES string of the molecule is Cc1cc([C@H](O)c2cccn2C)ccc1-c1ccccc1. The lowest BCUT2D eigenvalue weighted by Crippen LogP contribution is -2.05. The molecular formula is C19H19NO. The maximum Gasteiger partial charge on any atom is 0.119 e. The number of aryl methyl sites for hydroxylation is 2. The molecule has 2 aromatic carbocycles. The summed E-state index contributed by atoms with van der Waals surface area (Å²) in [5, 5.41) is 10.5. The standard InChI is InChI=1S/C19H19NO/c1-14-13-16(19(21)18-9-6-12-20(18)2)10-11-17(14)15-7-4-3-5-8-15/h3-13,19,21H,1-2H3/t19-/m0/s1. The number of aliphatic hydroxyl groups is 1. The van der Waals surface area contributed by atoms with Gasteiger partial charge in [-0.3, -0.25) is 0 Å². The molecule has 1 heterocycles. The maximum atomic E-state index is 10.5. The molecule has 106 valence electrons. The topological polar surface area (TPSA) is 25.2 Å². The van der Waals surface area contributed by atoms with Gasteiger partial charge in [0.25, 0.3) is 0 Å². The molecular weight excluding hydrogens is 258 g/mol. The van der Waals surface area contributed by atoms with Crippen LogP contribution in [0.5, 0.6) is 0 Å². The molecule has 0 saturated heterocycles. The molecule has 2 nitrogen and oxygen atoms in total. The summed E-state index contributed by atoms with van der Waals surface area (Å²) in [7, 11) is 1.95. The number of nitrogens with zero attached hydrogens (tertiary/aromatic N) is 1. The first-order valence-electron chi connectivity index (χ1n) is 7.12. The average Bonchev–Trinajstić information content (AvgIpc) is 2.93. The highest BCUT2D eigenvalue weighted by Gasteiger charge is 2.14. The molecule has 0 aliphatic heterocycles. The van der Waals surface area contributed by atoms with Gasteiger partial charge in [-0.2, -0.15) is 0 Å². The van der Waals surface area contributed by atoms with Crippen molar-refractivity contribution < 1.29 is 5.11 Å². The first kappa shape index (κ1) is 13.7. The predicted octanol–water partition coefficient (Wildman–Crippen LogP) is 4.08. The van der Waals surface area contributed by atoms with Gasteiger partial charge in [-0.15, -0.1) is 0 Å². The third-order valence-corrected chi connectivity index (χ3v) is 3.92. The summed E-state index contributed by atoms with van der Waals surface area (Å²) in [4.78, 5) is 0.